The molecule has 0 saturated heterocycles. The number of carbonyl (C=O) groups is 1. The summed E-state index contributed by atoms with van der Waals surface area (Å²) in [6.07, 6.45) is -7.91. The van der Waals surface area contributed by atoms with Gasteiger partial charge in [0.25, 0.3) is 0 Å². The van der Waals surface area contributed by atoms with Crippen LogP contribution in [0, 0.1) is 0 Å². The first-order valence-electron chi connectivity index (χ1n) is 6.54. The third-order valence-electron chi connectivity index (χ3n) is 3.56. The summed E-state index contributed by atoms with van der Waals surface area (Å²) < 4.78 is 244. The highest BCUT2D eigenvalue weighted by molar-refractivity contribution is 6.59. The third kappa shape index (κ3) is 3.44. The van der Waals surface area contributed by atoms with Crippen molar-refractivity contribution in [1.29, 1.82) is 0 Å². The lowest BCUT2D eigenvalue weighted by atomic mass is 9.87. The van der Waals surface area contributed by atoms with Crippen LogP contribution in [0.1, 0.15) is 0 Å². The standard InChI is InChI=1S/C10H3F19OSi/c11-2(12,1(30)31)3(13,14)4(15,16)5(17,18)6(19,20)7(21,22)8(23,24)9(25,26)10(27,28)29/h31H3. The second-order valence-corrected chi connectivity index (χ2v) is 6.56. The highest BCUT2D eigenvalue weighted by atomic mass is 28.1. The fourth-order valence-corrected chi connectivity index (χ4v) is 1.90. The first-order valence-corrected chi connectivity index (χ1v) is 7.54. The quantitative estimate of drug-likeness (QED) is 0.335. The lowest BCUT2D eigenvalue weighted by molar-refractivity contribution is -0.466. The van der Waals surface area contributed by atoms with Crippen molar-refractivity contribution in [3.63, 3.8) is 0 Å². The van der Waals surface area contributed by atoms with Crippen LogP contribution in [0.25, 0.3) is 0 Å². The van der Waals surface area contributed by atoms with Gasteiger partial charge < -0.3 is 0 Å². The minimum absolute atomic E-state index is 1.89. The molecule has 0 aliphatic carbocycles. The molecule has 0 aromatic rings. The summed E-state index contributed by atoms with van der Waals surface area (Å²) in [6.45, 7) is 0. The Morgan fingerprint density at radius 1 is 0.387 bits per heavy atom. The smallest absolute Gasteiger partial charge is 0.300 e. The average molecular weight is 528 g/mol. The van der Waals surface area contributed by atoms with Crippen molar-refractivity contribution in [2.75, 3.05) is 0 Å². The van der Waals surface area contributed by atoms with E-state index in [1.165, 1.54) is 0 Å². The lowest BCUT2D eigenvalue weighted by Crippen LogP contribution is -2.76. The van der Waals surface area contributed by atoms with Gasteiger partial charge in [0, 0.05) is 0 Å². The maximum absolute atomic E-state index is 13.2. The van der Waals surface area contributed by atoms with E-state index in [1.54, 1.807) is 0 Å². The molecule has 1 nitrogen and oxygen atoms in total. The summed E-state index contributed by atoms with van der Waals surface area (Å²) >= 11 is 0. The van der Waals surface area contributed by atoms with Crippen LogP contribution in [0.2, 0.25) is 0 Å². The molecular formula is C10H3F19OSi. The Labute approximate surface area is 159 Å². The molecule has 0 radical (unpaired) electrons. The molecule has 0 bridgehead atoms. The van der Waals surface area contributed by atoms with Gasteiger partial charge in [0.15, 0.2) is 5.41 Å². The molecule has 0 aromatic heterocycles. The fourth-order valence-electron chi connectivity index (χ4n) is 1.58. The van der Waals surface area contributed by atoms with Gasteiger partial charge in [0.2, 0.25) is 0 Å². The van der Waals surface area contributed by atoms with Crippen LogP contribution in [-0.4, -0.2) is 69.2 Å². The Morgan fingerprint density at radius 3 is 0.774 bits per heavy atom. The van der Waals surface area contributed by atoms with Crippen molar-refractivity contribution in [1.82, 2.24) is 0 Å². The van der Waals surface area contributed by atoms with E-state index in [0.29, 0.717) is 0 Å². The van der Waals surface area contributed by atoms with E-state index in [2.05, 4.69) is 0 Å². The zero-order chi connectivity index (χ0) is 26.1. The number of alkyl halides is 19. The molecular weight excluding hydrogens is 525 g/mol. The predicted molar refractivity (Wildman–Crippen MR) is 60.6 cm³/mol. The maximum Gasteiger partial charge on any atom is 0.460 e. The van der Waals surface area contributed by atoms with Crippen LogP contribution >= 0.6 is 0 Å². The Morgan fingerprint density at radius 2 is 0.581 bits per heavy atom. The van der Waals surface area contributed by atoms with Gasteiger partial charge in [0.1, 0.15) is 0 Å². The van der Waals surface area contributed by atoms with Gasteiger partial charge in [-0.15, -0.1) is 0 Å². The SMILES string of the molecule is O=C([SiH3])C(F)(F)C(F)(F)C(F)(F)C(F)(F)C(F)(F)C(F)(F)C(F)(F)C(F)(F)C(F)(F)F. The van der Waals surface area contributed by atoms with Gasteiger partial charge in [-0.05, 0) is 0 Å². The Kier molecular flexibility index (Phi) is 6.70. The van der Waals surface area contributed by atoms with Crippen LogP contribution in [0.3, 0.4) is 0 Å². The number of rotatable bonds is 8. The predicted octanol–water partition coefficient (Wildman–Crippen LogP) is 4.52. The van der Waals surface area contributed by atoms with Gasteiger partial charge in [-0.2, -0.15) is 83.4 Å². The molecule has 0 atom stereocenters. The summed E-state index contributed by atoms with van der Waals surface area (Å²) in [6, 6.07) is 0. The molecule has 0 aromatic carbocycles. The third-order valence-corrected chi connectivity index (χ3v) is 4.19. The monoisotopic (exact) mass is 528 g/mol. The number of hydrogen-bond acceptors (Lipinski definition) is 1. The molecule has 0 aliphatic heterocycles. The van der Waals surface area contributed by atoms with Gasteiger partial charge >= 0.3 is 53.6 Å². The molecule has 0 unspecified atom stereocenters. The molecule has 31 heavy (non-hydrogen) atoms. The van der Waals surface area contributed by atoms with Crippen LogP contribution in [0.4, 0.5) is 83.4 Å². The van der Waals surface area contributed by atoms with E-state index >= 15 is 0 Å². The van der Waals surface area contributed by atoms with E-state index in [0.717, 1.165) is 0 Å². The minimum atomic E-state index is -8.96. The highest BCUT2D eigenvalue weighted by Gasteiger charge is 2.96. The van der Waals surface area contributed by atoms with E-state index in [1.807, 2.05) is 0 Å². The van der Waals surface area contributed by atoms with Crippen molar-refractivity contribution in [2.24, 2.45) is 0 Å². The van der Waals surface area contributed by atoms with Crippen molar-refractivity contribution < 1.29 is 88.2 Å². The van der Waals surface area contributed by atoms with E-state index in [9.17, 15) is 88.2 Å². The van der Waals surface area contributed by atoms with Crippen molar-refractivity contribution in [3.05, 3.63) is 0 Å². The van der Waals surface area contributed by atoms with Crippen molar-refractivity contribution in [3.8, 4) is 0 Å². The molecule has 0 heterocycles. The highest BCUT2D eigenvalue weighted by Crippen LogP contribution is 2.65. The van der Waals surface area contributed by atoms with Crippen LogP contribution in [-0.2, 0) is 4.79 Å². The molecule has 0 aliphatic rings. The number of hydrogen-bond donors (Lipinski definition) is 0. The van der Waals surface area contributed by atoms with E-state index < -0.39 is 69.2 Å². The molecule has 0 spiro atoms. The van der Waals surface area contributed by atoms with Gasteiger partial charge in [0.05, 0.1) is 10.2 Å². The zero-order valence-corrected chi connectivity index (χ0v) is 15.6. The molecule has 0 saturated carbocycles. The normalized spacial score (nSPS) is 16.6. The van der Waals surface area contributed by atoms with Gasteiger partial charge in [-0.25, -0.2) is 0 Å². The van der Waals surface area contributed by atoms with Crippen LogP contribution in [0.15, 0.2) is 0 Å². The van der Waals surface area contributed by atoms with Crippen LogP contribution < -0.4 is 0 Å². The minimum Gasteiger partial charge on any atom is -0.300 e. The molecule has 0 amide bonds. The topological polar surface area (TPSA) is 17.1 Å². The fraction of sp³-hybridized carbons (Fsp3) is 0.900. The Balaban J connectivity index is 6.95. The van der Waals surface area contributed by atoms with Gasteiger partial charge in [-0.3, -0.25) is 4.79 Å². The second-order valence-electron chi connectivity index (χ2n) is 5.65. The average Bonchev–Trinajstić information content (AvgIpc) is 2.52. The Bertz CT molecular complexity index is 703. The first-order chi connectivity index (χ1) is 12.9. The van der Waals surface area contributed by atoms with Crippen molar-refractivity contribution in [2.45, 2.75) is 53.6 Å². The Hall–Kier alpha value is -1.44. The molecule has 21 heteroatoms. The van der Waals surface area contributed by atoms with Crippen LogP contribution in [0.5, 0.6) is 0 Å². The van der Waals surface area contributed by atoms with Gasteiger partial charge in [-0.1, -0.05) is 0 Å². The van der Waals surface area contributed by atoms with Crippen molar-refractivity contribution >= 4 is 15.6 Å². The van der Waals surface area contributed by atoms with E-state index in [-0.39, 0.29) is 0 Å². The van der Waals surface area contributed by atoms with E-state index in [4.69, 9.17) is 0 Å². The first kappa shape index (κ1) is 29.6. The summed E-state index contributed by atoms with van der Waals surface area (Å²) in [5.41, 5.74) is 0. The summed E-state index contributed by atoms with van der Waals surface area (Å²) in [4.78, 5) is 10.3. The summed E-state index contributed by atoms with van der Waals surface area (Å²) in [7, 11) is -1.89. The molecule has 0 N–H and O–H groups in total. The molecule has 186 valence electrons. The largest absolute Gasteiger partial charge is 0.460 e. The number of halogens is 19. The summed E-state index contributed by atoms with van der Waals surface area (Å²) in [5.74, 6) is -67.4. The summed E-state index contributed by atoms with van der Waals surface area (Å²) in [5, 5.41) is -3.34. The molecule has 0 fully saturated rings. The number of carbonyl (C=O) groups excluding carboxylic acids is 1. The maximum atomic E-state index is 13.2. The lowest BCUT2D eigenvalue weighted by Gasteiger charge is -2.43. The second kappa shape index (κ2) is 7.03. The zero-order valence-electron chi connectivity index (χ0n) is 13.6. The molecule has 0 rings (SSSR count).